The average molecular weight is 681 g/mol. The normalized spacial score (nSPS) is 9.43. The second-order valence-electron chi connectivity index (χ2n) is 6.12. The molecule has 0 aliphatic heterocycles. The minimum atomic E-state index is -0.826. The summed E-state index contributed by atoms with van der Waals surface area (Å²) in [5.41, 5.74) is 2.65. The zero-order valence-corrected chi connectivity index (χ0v) is 25.5. The molecule has 0 aliphatic rings. The van der Waals surface area contributed by atoms with Gasteiger partial charge in [0, 0.05) is 0 Å². The predicted molar refractivity (Wildman–Crippen MR) is 133 cm³/mol. The standard InChI is InChI=1S/2C10H8Br.C2H6Ge.2ClH.Zr/c2*1-7-5-8-3-2-4-10(11)9(8)6-7;1-3-2;;;/h2*2-6H,1H3;1-2H3;2*1H;/q2*-1;;;;+4/p-2. The van der Waals surface area contributed by atoms with E-state index in [9.17, 15) is 0 Å². The van der Waals surface area contributed by atoms with Crippen molar-refractivity contribution in [2.45, 2.75) is 25.4 Å². The van der Waals surface area contributed by atoms with Crippen molar-refractivity contribution in [3.8, 4) is 0 Å². The number of hydrogen-bond donors (Lipinski definition) is 0. The van der Waals surface area contributed by atoms with Gasteiger partial charge in [0.2, 0.25) is 0 Å². The Labute approximate surface area is 210 Å². The van der Waals surface area contributed by atoms with Crippen molar-refractivity contribution in [1.82, 2.24) is 0 Å². The predicted octanol–water partition coefficient (Wildman–Crippen LogP) is 9.42. The molecule has 0 atom stereocenters. The van der Waals surface area contributed by atoms with Crippen LogP contribution in [-0.2, 0) is 20.8 Å². The van der Waals surface area contributed by atoms with Crippen molar-refractivity contribution in [2.24, 2.45) is 0 Å². The summed E-state index contributed by atoms with van der Waals surface area (Å²) >= 11 is 6.69. The molecule has 0 saturated carbocycles. The maximum absolute atomic E-state index is 4.93. The van der Waals surface area contributed by atoms with Gasteiger partial charge in [0.1, 0.15) is 0 Å². The molecule has 0 heterocycles. The van der Waals surface area contributed by atoms with E-state index in [1.54, 1.807) is 0 Å². The van der Waals surface area contributed by atoms with E-state index in [0.717, 1.165) is 0 Å². The molecule has 0 aliphatic carbocycles. The monoisotopic (exact) mass is 678 g/mol. The third-order valence-corrected chi connectivity index (χ3v) is 5.07. The zero-order valence-electron chi connectivity index (χ0n) is 16.3. The summed E-state index contributed by atoms with van der Waals surface area (Å²) in [6.45, 7) is 4.24. The molecule has 0 amide bonds. The quantitative estimate of drug-likeness (QED) is 0.128. The van der Waals surface area contributed by atoms with E-state index in [1.165, 1.54) is 41.6 Å². The molecule has 4 aromatic carbocycles. The van der Waals surface area contributed by atoms with E-state index in [2.05, 4.69) is 118 Å². The van der Waals surface area contributed by atoms with Crippen molar-refractivity contribution >= 4 is 85.9 Å². The van der Waals surface area contributed by atoms with Gasteiger partial charge in [-0.1, -0.05) is 57.8 Å². The summed E-state index contributed by atoms with van der Waals surface area (Å²) in [6, 6.07) is 21.3. The fraction of sp³-hybridized carbons (Fsp3) is 0.182. The molecule has 2 radical (unpaired) electrons. The number of fused-ring (bicyclic) bond motifs is 2. The first-order valence-electron chi connectivity index (χ1n) is 8.55. The van der Waals surface area contributed by atoms with Crippen molar-refractivity contribution in [2.75, 3.05) is 0 Å². The topological polar surface area (TPSA) is 0 Å². The number of aryl methyl sites for hydroxylation is 2. The molecule has 0 bridgehead atoms. The Morgan fingerprint density at radius 2 is 1.11 bits per heavy atom. The van der Waals surface area contributed by atoms with Gasteiger partial charge >= 0.3 is 64.8 Å². The van der Waals surface area contributed by atoms with Gasteiger partial charge in [0.05, 0.1) is 0 Å². The summed E-state index contributed by atoms with van der Waals surface area (Å²) in [7, 11) is 9.87. The molecule has 0 nitrogen and oxygen atoms in total. The molecule has 0 fully saturated rings. The van der Waals surface area contributed by atoms with Crippen LogP contribution in [0.1, 0.15) is 11.1 Å². The molecule has 6 heteroatoms. The van der Waals surface area contributed by atoms with Crippen LogP contribution in [0.25, 0.3) is 21.5 Å². The number of benzene rings is 2. The Kier molecular flexibility index (Phi) is 13.9. The first-order valence-corrected chi connectivity index (χ1v) is 20.7. The summed E-state index contributed by atoms with van der Waals surface area (Å²) < 4.78 is 2.37. The molecule has 28 heavy (non-hydrogen) atoms. The number of rotatable bonds is 0. The molecule has 0 unspecified atom stereocenters. The average Bonchev–Trinajstić information content (AvgIpc) is 3.20. The molecular formula is C22H22Br2Cl2GeZr. The van der Waals surface area contributed by atoms with Crippen molar-refractivity contribution in [1.29, 1.82) is 0 Å². The van der Waals surface area contributed by atoms with Gasteiger partial charge < -0.3 is 0 Å². The fourth-order valence-electron chi connectivity index (χ4n) is 2.69. The van der Waals surface area contributed by atoms with Gasteiger partial charge in [0.15, 0.2) is 0 Å². The molecule has 146 valence electrons. The molecule has 0 aromatic heterocycles. The van der Waals surface area contributed by atoms with Gasteiger partial charge in [-0.25, -0.2) is 0 Å². The first-order chi connectivity index (χ1) is 13.4. The van der Waals surface area contributed by atoms with Gasteiger partial charge in [-0.3, -0.25) is 0 Å². The Bertz CT molecular complexity index is 899. The molecular weight excluding hydrogens is 659 g/mol. The second kappa shape index (κ2) is 14.6. The minimum absolute atomic E-state index is 0.500. The van der Waals surface area contributed by atoms with Crippen LogP contribution < -0.4 is 0 Å². The van der Waals surface area contributed by atoms with Gasteiger partial charge in [0.25, 0.3) is 0 Å². The van der Waals surface area contributed by atoms with Gasteiger partial charge in [-0.2, -0.15) is 12.1 Å². The summed E-state index contributed by atoms with van der Waals surface area (Å²) in [5.74, 6) is 4.50. The molecule has 4 rings (SSSR count). The number of halogens is 4. The zero-order chi connectivity index (χ0) is 21.1. The third-order valence-electron chi connectivity index (χ3n) is 3.68. The Morgan fingerprint density at radius 3 is 1.39 bits per heavy atom. The van der Waals surface area contributed by atoms with Crippen LogP contribution >= 0.6 is 48.9 Å². The Balaban J connectivity index is 0.000000220. The molecule has 0 spiro atoms. The van der Waals surface area contributed by atoms with E-state index < -0.39 is 20.8 Å². The molecule has 4 aromatic rings. The van der Waals surface area contributed by atoms with Crippen molar-refractivity contribution in [3.05, 3.63) is 80.7 Å². The van der Waals surface area contributed by atoms with Gasteiger partial charge in [-0.05, 0) is 8.95 Å². The summed E-state index contributed by atoms with van der Waals surface area (Å²) in [6.07, 6.45) is 0. The Morgan fingerprint density at radius 1 is 0.786 bits per heavy atom. The van der Waals surface area contributed by atoms with Crippen LogP contribution in [0, 0.1) is 13.8 Å². The first kappa shape index (κ1) is 26.7. The van der Waals surface area contributed by atoms with Crippen molar-refractivity contribution < 1.29 is 20.8 Å². The SMILES string of the molecule is Cc1cc2c(Br)cccc2[cH-]1.Cc1cc2c(Br)cccc2[cH-]1.[CH3][Ge][CH3].[Cl][Zr+2][Cl]. The van der Waals surface area contributed by atoms with E-state index >= 15 is 0 Å². The molecule has 0 N–H and O–H groups in total. The van der Waals surface area contributed by atoms with E-state index in [0.29, 0.717) is 15.4 Å². The van der Waals surface area contributed by atoms with E-state index in [1.807, 2.05) is 0 Å². The fourth-order valence-corrected chi connectivity index (χ4v) is 3.68. The van der Waals surface area contributed by atoms with Gasteiger partial charge in [-0.15, -0.1) is 69.1 Å². The van der Waals surface area contributed by atoms with Crippen LogP contribution in [0.3, 0.4) is 0 Å². The summed E-state index contributed by atoms with van der Waals surface area (Å²) in [5, 5.41) is 5.25. The summed E-state index contributed by atoms with van der Waals surface area (Å²) in [4.78, 5) is 0. The number of hydrogen-bond acceptors (Lipinski definition) is 0. The van der Waals surface area contributed by atoms with Crippen LogP contribution in [0.5, 0.6) is 0 Å². The van der Waals surface area contributed by atoms with Crippen molar-refractivity contribution in [3.63, 3.8) is 0 Å². The van der Waals surface area contributed by atoms with Crippen LogP contribution in [0.15, 0.2) is 69.6 Å². The Hall–Kier alpha value is 0.626. The maximum atomic E-state index is 4.93. The van der Waals surface area contributed by atoms with E-state index in [4.69, 9.17) is 17.0 Å². The van der Waals surface area contributed by atoms with Crippen LogP contribution in [0.4, 0.5) is 0 Å². The van der Waals surface area contributed by atoms with Crippen LogP contribution in [0.2, 0.25) is 11.5 Å². The third kappa shape index (κ3) is 8.78. The molecule has 0 saturated heterocycles. The van der Waals surface area contributed by atoms with E-state index in [-0.39, 0.29) is 0 Å². The van der Waals surface area contributed by atoms with Crippen LogP contribution in [-0.4, -0.2) is 15.4 Å². The second-order valence-corrected chi connectivity index (χ2v) is 13.7.